The molecule has 1 fully saturated rings. The van der Waals surface area contributed by atoms with Crippen molar-refractivity contribution < 1.29 is 18.7 Å². The first-order valence-corrected chi connectivity index (χ1v) is 11.9. The van der Waals surface area contributed by atoms with Crippen LogP contribution < -0.4 is 11.1 Å². The number of piperidine rings is 1. The lowest BCUT2D eigenvalue weighted by molar-refractivity contribution is -0.124. The molecule has 1 aliphatic heterocycles. The number of nitrogens with two attached hydrogens (primary N) is 1. The molecule has 192 valence electrons. The number of carbonyl (C=O) groups excluding carboxylic acids is 1. The van der Waals surface area contributed by atoms with E-state index in [2.05, 4.69) is 27.2 Å². The molecule has 37 heavy (non-hydrogen) atoms. The number of aromatic nitrogens is 4. The van der Waals surface area contributed by atoms with Gasteiger partial charge in [0.1, 0.15) is 29.0 Å². The lowest BCUT2D eigenvalue weighted by Gasteiger charge is -2.27. The van der Waals surface area contributed by atoms with Crippen molar-refractivity contribution in [1.29, 1.82) is 0 Å². The van der Waals surface area contributed by atoms with E-state index in [0.717, 1.165) is 60.5 Å². The van der Waals surface area contributed by atoms with Crippen LogP contribution in [-0.4, -0.2) is 55.8 Å². The summed E-state index contributed by atoms with van der Waals surface area (Å²) in [5, 5.41) is 17.8. The minimum Gasteiger partial charge on any atom is -0.382 e. The maximum absolute atomic E-state index is 13.5. The third-order valence-electron chi connectivity index (χ3n) is 6.76. The third-order valence-corrected chi connectivity index (χ3v) is 6.76. The second kappa shape index (κ2) is 9.83. The number of nitrogens with zero attached hydrogens (tertiary/aromatic N) is 5. The number of rotatable bonds is 5. The average molecular weight is 508 g/mol. The fourth-order valence-electron chi connectivity index (χ4n) is 4.79. The minimum atomic E-state index is -1.74. The fraction of sp³-hybridized carbons (Fsp3) is 0.308. The molecule has 1 aliphatic rings. The fourth-order valence-corrected chi connectivity index (χ4v) is 4.79. The first-order chi connectivity index (χ1) is 17.7. The maximum atomic E-state index is 13.5. The number of fused-ring (bicyclic) bond motifs is 1. The first kappa shape index (κ1) is 24.7. The predicted molar refractivity (Wildman–Crippen MR) is 135 cm³/mol. The van der Waals surface area contributed by atoms with Gasteiger partial charge in [-0.3, -0.25) is 4.79 Å². The van der Waals surface area contributed by atoms with Crippen molar-refractivity contribution in [2.24, 2.45) is 0 Å². The maximum Gasteiger partial charge on any atom is 0.257 e. The first-order valence-electron chi connectivity index (χ1n) is 11.9. The lowest BCUT2D eigenvalue weighted by Crippen LogP contribution is -2.29. The van der Waals surface area contributed by atoms with Gasteiger partial charge in [0.05, 0.1) is 11.4 Å². The van der Waals surface area contributed by atoms with Gasteiger partial charge >= 0.3 is 0 Å². The predicted octanol–water partition coefficient (Wildman–Crippen LogP) is 3.47. The summed E-state index contributed by atoms with van der Waals surface area (Å²) in [4.78, 5) is 23.5. The highest BCUT2D eigenvalue weighted by Gasteiger charge is 2.27. The SMILES string of the molecule is Cc1cc(NC(=O)[C@H](O)c2cc(F)cc(F)c2)ccc1-n1nc(C2CCN(C)CC2)c2ncnc(N)c21. The lowest BCUT2D eigenvalue weighted by atomic mass is 9.93. The summed E-state index contributed by atoms with van der Waals surface area (Å²) in [6.45, 7) is 3.80. The third kappa shape index (κ3) is 4.87. The van der Waals surface area contributed by atoms with Crippen molar-refractivity contribution in [3.8, 4) is 5.69 Å². The van der Waals surface area contributed by atoms with Crippen LogP contribution >= 0.6 is 0 Å². The number of halogens is 2. The zero-order valence-electron chi connectivity index (χ0n) is 20.4. The number of benzene rings is 2. The molecule has 9 nitrogen and oxygen atoms in total. The molecule has 4 N–H and O–H groups in total. The van der Waals surface area contributed by atoms with E-state index >= 15 is 0 Å². The number of aryl methyl sites for hydroxylation is 1. The number of aliphatic hydroxyl groups excluding tert-OH is 1. The largest absolute Gasteiger partial charge is 0.382 e. The Kier molecular flexibility index (Phi) is 6.57. The number of nitrogen functional groups attached to an aromatic ring is 1. The molecular weight excluding hydrogens is 480 g/mol. The zero-order valence-corrected chi connectivity index (χ0v) is 20.4. The summed E-state index contributed by atoms with van der Waals surface area (Å²) in [5.41, 5.74) is 10.2. The normalized spacial score (nSPS) is 15.7. The van der Waals surface area contributed by atoms with Gasteiger partial charge in [0, 0.05) is 17.7 Å². The summed E-state index contributed by atoms with van der Waals surface area (Å²) < 4.78 is 28.7. The molecule has 11 heteroatoms. The second-order valence-corrected chi connectivity index (χ2v) is 9.43. The molecule has 0 saturated carbocycles. The van der Waals surface area contributed by atoms with Gasteiger partial charge < -0.3 is 21.1 Å². The summed E-state index contributed by atoms with van der Waals surface area (Å²) in [6.07, 6.45) is 1.64. The van der Waals surface area contributed by atoms with Gasteiger partial charge in [-0.15, -0.1) is 0 Å². The molecule has 0 spiro atoms. The van der Waals surface area contributed by atoms with Crippen LogP contribution in [0.25, 0.3) is 16.7 Å². The van der Waals surface area contributed by atoms with E-state index in [1.165, 1.54) is 6.33 Å². The Labute approximate surface area is 211 Å². The van der Waals surface area contributed by atoms with Crippen LogP contribution in [0.2, 0.25) is 0 Å². The number of anilines is 2. The van der Waals surface area contributed by atoms with E-state index in [1.807, 2.05) is 6.92 Å². The molecule has 5 rings (SSSR count). The number of nitrogens with one attached hydrogen (secondary N) is 1. The van der Waals surface area contributed by atoms with Crippen molar-refractivity contribution in [3.05, 3.63) is 71.2 Å². The van der Waals surface area contributed by atoms with Crippen molar-refractivity contribution in [1.82, 2.24) is 24.6 Å². The molecule has 2 aromatic carbocycles. The Morgan fingerprint density at radius 1 is 1.14 bits per heavy atom. The quantitative estimate of drug-likeness (QED) is 0.378. The van der Waals surface area contributed by atoms with Gasteiger partial charge in [-0.25, -0.2) is 23.4 Å². The molecule has 0 aliphatic carbocycles. The number of carbonyl (C=O) groups is 1. The van der Waals surface area contributed by atoms with E-state index in [1.54, 1.807) is 22.9 Å². The number of likely N-dealkylation sites (tertiary alicyclic amines) is 1. The average Bonchev–Trinajstić information content (AvgIpc) is 3.24. The molecule has 1 saturated heterocycles. The number of hydrogen-bond donors (Lipinski definition) is 3. The highest BCUT2D eigenvalue weighted by Crippen LogP contribution is 2.34. The molecular formula is C26H27F2N7O2. The second-order valence-electron chi connectivity index (χ2n) is 9.43. The van der Waals surface area contributed by atoms with Crippen LogP contribution in [0.4, 0.5) is 20.3 Å². The van der Waals surface area contributed by atoms with Gasteiger partial charge in [0.25, 0.3) is 5.91 Å². The van der Waals surface area contributed by atoms with Gasteiger partial charge in [0.15, 0.2) is 11.9 Å². The zero-order chi connectivity index (χ0) is 26.3. The van der Waals surface area contributed by atoms with Crippen LogP contribution in [0, 0.1) is 18.6 Å². The molecule has 3 heterocycles. The number of aliphatic hydroxyl groups is 1. The highest BCUT2D eigenvalue weighted by atomic mass is 19.1. The van der Waals surface area contributed by atoms with Crippen LogP contribution in [0.1, 0.15) is 41.7 Å². The standard InChI is InChI=1S/C26H27F2N7O2/c1-14-9-19(32-26(37)24(36)16-10-17(27)12-18(28)11-16)3-4-20(14)35-23-22(30-13-31-25(23)29)21(33-35)15-5-7-34(2)8-6-15/h3-4,9-13,15,24,36H,5-8H2,1-2H3,(H,32,37)(H2,29,30,31)/t24-/m1/s1. The molecule has 0 unspecified atom stereocenters. The van der Waals surface area contributed by atoms with Crippen LogP contribution in [0.3, 0.4) is 0 Å². The van der Waals surface area contributed by atoms with Crippen molar-refractivity contribution in [2.75, 3.05) is 31.2 Å². The molecule has 0 radical (unpaired) electrons. The molecule has 0 bridgehead atoms. The number of hydrogen-bond acceptors (Lipinski definition) is 7. The van der Waals surface area contributed by atoms with Gasteiger partial charge in [-0.05, 0) is 81.4 Å². The minimum absolute atomic E-state index is 0.178. The highest BCUT2D eigenvalue weighted by molar-refractivity contribution is 5.95. The summed E-state index contributed by atoms with van der Waals surface area (Å²) >= 11 is 0. The summed E-state index contributed by atoms with van der Waals surface area (Å²) in [7, 11) is 2.10. The summed E-state index contributed by atoms with van der Waals surface area (Å²) in [6, 6.07) is 7.65. The topological polar surface area (TPSA) is 122 Å². The van der Waals surface area contributed by atoms with Crippen LogP contribution in [0.5, 0.6) is 0 Å². The van der Waals surface area contributed by atoms with E-state index < -0.39 is 23.6 Å². The van der Waals surface area contributed by atoms with Gasteiger partial charge in [0.2, 0.25) is 0 Å². The van der Waals surface area contributed by atoms with E-state index in [4.69, 9.17) is 10.8 Å². The van der Waals surface area contributed by atoms with Crippen LogP contribution in [-0.2, 0) is 4.79 Å². The Balaban J connectivity index is 1.44. The van der Waals surface area contributed by atoms with Crippen molar-refractivity contribution in [3.63, 3.8) is 0 Å². The Morgan fingerprint density at radius 2 is 1.84 bits per heavy atom. The Morgan fingerprint density at radius 3 is 2.51 bits per heavy atom. The smallest absolute Gasteiger partial charge is 0.257 e. The van der Waals surface area contributed by atoms with Gasteiger partial charge in [-0.2, -0.15) is 5.10 Å². The number of amides is 1. The Hall–Kier alpha value is -3.96. The van der Waals surface area contributed by atoms with E-state index in [9.17, 15) is 18.7 Å². The molecule has 1 atom stereocenters. The van der Waals surface area contributed by atoms with E-state index in [0.29, 0.717) is 23.1 Å². The summed E-state index contributed by atoms with van der Waals surface area (Å²) in [5.74, 6) is -2.00. The van der Waals surface area contributed by atoms with E-state index in [-0.39, 0.29) is 11.5 Å². The molecule has 2 aromatic heterocycles. The van der Waals surface area contributed by atoms with Crippen LogP contribution in [0.15, 0.2) is 42.7 Å². The molecule has 4 aromatic rings. The Bertz CT molecular complexity index is 1460. The van der Waals surface area contributed by atoms with Crippen molar-refractivity contribution >= 4 is 28.4 Å². The van der Waals surface area contributed by atoms with Crippen molar-refractivity contribution in [2.45, 2.75) is 31.8 Å². The van der Waals surface area contributed by atoms with Gasteiger partial charge in [-0.1, -0.05) is 0 Å². The monoisotopic (exact) mass is 507 g/mol. The molecule has 1 amide bonds.